The number of hydrogen-bond acceptors (Lipinski definition) is 5. The lowest BCUT2D eigenvalue weighted by atomic mass is 9.96. The molecule has 1 amide bonds. The number of rotatable bonds is 4. The standard InChI is InChI=1S/C27H28N2O3S/c1-17-9-7-8-11-21(17)29-26(30)25-20-10-5-3-4-6-12-24(20)33-27(25)28-15-19-14-23-22(13-18(19)2)31-16-32-23/h7-9,11,13-15H,3-6,10,12,16H2,1-2H3,(H,29,30). The fourth-order valence-corrected chi connectivity index (χ4v) is 5.69. The molecule has 170 valence electrons. The number of anilines is 1. The molecule has 6 heteroatoms. The van der Waals surface area contributed by atoms with Crippen LogP contribution in [0.2, 0.25) is 0 Å². The summed E-state index contributed by atoms with van der Waals surface area (Å²) in [7, 11) is 0. The first kappa shape index (κ1) is 21.7. The molecule has 0 fully saturated rings. The van der Waals surface area contributed by atoms with Crippen molar-refractivity contribution in [3.63, 3.8) is 0 Å². The van der Waals surface area contributed by atoms with Crippen LogP contribution in [0.5, 0.6) is 11.5 Å². The van der Waals surface area contributed by atoms with Crippen LogP contribution in [-0.4, -0.2) is 18.9 Å². The molecular formula is C27H28N2O3S. The Morgan fingerprint density at radius 2 is 1.76 bits per heavy atom. The van der Waals surface area contributed by atoms with Crippen LogP contribution in [0, 0.1) is 13.8 Å². The van der Waals surface area contributed by atoms with Gasteiger partial charge >= 0.3 is 0 Å². The van der Waals surface area contributed by atoms with E-state index in [0.29, 0.717) is 0 Å². The lowest BCUT2D eigenvalue weighted by molar-refractivity contribution is 0.102. The normalized spacial score (nSPS) is 15.2. The van der Waals surface area contributed by atoms with Crippen molar-refractivity contribution < 1.29 is 14.3 Å². The van der Waals surface area contributed by atoms with Crippen LogP contribution in [0.4, 0.5) is 10.7 Å². The Hall–Kier alpha value is -3.12. The molecule has 2 aliphatic rings. The van der Waals surface area contributed by atoms with Gasteiger partial charge in [0.1, 0.15) is 5.00 Å². The molecule has 1 aliphatic heterocycles. The topological polar surface area (TPSA) is 59.9 Å². The molecule has 5 nitrogen and oxygen atoms in total. The number of para-hydroxylation sites is 1. The number of amides is 1. The molecule has 1 aliphatic carbocycles. The highest BCUT2D eigenvalue weighted by atomic mass is 32.1. The van der Waals surface area contributed by atoms with E-state index >= 15 is 0 Å². The number of aliphatic imine (C=N–C) groups is 1. The molecule has 0 unspecified atom stereocenters. The van der Waals surface area contributed by atoms with Crippen LogP contribution >= 0.6 is 11.3 Å². The average Bonchev–Trinajstić information content (AvgIpc) is 3.37. The van der Waals surface area contributed by atoms with Gasteiger partial charge in [-0.1, -0.05) is 31.0 Å². The molecule has 0 spiro atoms. The van der Waals surface area contributed by atoms with E-state index in [1.165, 1.54) is 23.3 Å². The molecule has 2 heterocycles. The van der Waals surface area contributed by atoms with Crippen LogP contribution in [0.25, 0.3) is 0 Å². The number of benzene rings is 2. The molecule has 0 bridgehead atoms. The van der Waals surface area contributed by atoms with Crippen molar-refractivity contribution >= 4 is 34.1 Å². The Labute approximate surface area is 198 Å². The number of fused-ring (bicyclic) bond motifs is 2. The Bertz CT molecular complexity index is 1230. The van der Waals surface area contributed by atoms with Crippen molar-refractivity contribution in [1.29, 1.82) is 0 Å². The second-order valence-corrected chi connectivity index (χ2v) is 9.77. The summed E-state index contributed by atoms with van der Waals surface area (Å²) in [4.78, 5) is 19.7. The molecule has 1 aromatic heterocycles. The third kappa shape index (κ3) is 4.53. The van der Waals surface area contributed by atoms with Crippen LogP contribution in [0.15, 0.2) is 41.4 Å². The minimum absolute atomic E-state index is 0.0723. The predicted octanol–water partition coefficient (Wildman–Crippen LogP) is 6.76. The van der Waals surface area contributed by atoms with E-state index in [-0.39, 0.29) is 12.7 Å². The SMILES string of the molecule is Cc1cc2c(cc1C=Nc1sc3c(c1C(=O)Nc1ccccc1C)CCCCCC3)OCO2. The van der Waals surface area contributed by atoms with Crippen molar-refractivity contribution in [1.82, 2.24) is 0 Å². The van der Waals surface area contributed by atoms with Gasteiger partial charge in [0.05, 0.1) is 5.56 Å². The number of hydrogen-bond donors (Lipinski definition) is 1. The van der Waals surface area contributed by atoms with E-state index in [0.717, 1.165) is 70.1 Å². The summed E-state index contributed by atoms with van der Waals surface area (Å²) < 4.78 is 11.0. The van der Waals surface area contributed by atoms with E-state index in [9.17, 15) is 4.79 Å². The van der Waals surface area contributed by atoms with Gasteiger partial charge in [-0.3, -0.25) is 4.79 Å². The lowest BCUT2D eigenvalue weighted by Crippen LogP contribution is -2.15. The Kier molecular flexibility index (Phi) is 6.18. The largest absolute Gasteiger partial charge is 0.454 e. The first-order chi connectivity index (χ1) is 16.1. The number of aryl methyl sites for hydroxylation is 3. The van der Waals surface area contributed by atoms with Crippen LogP contribution in [0.3, 0.4) is 0 Å². The Morgan fingerprint density at radius 3 is 2.58 bits per heavy atom. The van der Waals surface area contributed by atoms with Gasteiger partial charge in [-0.25, -0.2) is 4.99 Å². The highest BCUT2D eigenvalue weighted by molar-refractivity contribution is 7.16. The molecule has 0 saturated heterocycles. The molecular weight excluding hydrogens is 432 g/mol. The fraction of sp³-hybridized carbons (Fsp3) is 0.333. The minimum atomic E-state index is -0.0723. The van der Waals surface area contributed by atoms with E-state index in [2.05, 4.69) is 5.32 Å². The molecule has 5 rings (SSSR count). The lowest BCUT2D eigenvalue weighted by Gasteiger charge is -2.12. The van der Waals surface area contributed by atoms with Gasteiger partial charge < -0.3 is 14.8 Å². The molecule has 2 aromatic carbocycles. The molecule has 1 N–H and O–H groups in total. The quantitative estimate of drug-likeness (QED) is 0.438. The second-order valence-electron chi connectivity index (χ2n) is 8.69. The third-order valence-electron chi connectivity index (χ3n) is 6.36. The summed E-state index contributed by atoms with van der Waals surface area (Å²) >= 11 is 1.66. The van der Waals surface area contributed by atoms with E-state index < -0.39 is 0 Å². The highest BCUT2D eigenvalue weighted by Gasteiger charge is 2.24. The smallest absolute Gasteiger partial charge is 0.259 e. The summed E-state index contributed by atoms with van der Waals surface area (Å²) in [5, 5.41) is 3.92. The zero-order chi connectivity index (χ0) is 22.8. The number of thiophene rings is 1. The molecule has 0 radical (unpaired) electrons. The second kappa shape index (κ2) is 9.40. The maximum atomic E-state index is 13.5. The minimum Gasteiger partial charge on any atom is -0.454 e. The first-order valence-corrected chi connectivity index (χ1v) is 12.4. The van der Waals surface area contributed by atoms with Crippen LogP contribution < -0.4 is 14.8 Å². The van der Waals surface area contributed by atoms with Gasteiger partial charge in [0, 0.05) is 16.8 Å². The maximum Gasteiger partial charge on any atom is 0.259 e. The highest BCUT2D eigenvalue weighted by Crippen LogP contribution is 2.40. The van der Waals surface area contributed by atoms with E-state index in [4.69, 9.17) is 14.5 Å². The van der Waals surface area contributed by atoms with Crippen LogP contribution in [-0.2, 0) is 12.8 Å². The number of nitrogens with zero attached hydrogens (tertiary/aromatic N) is 1. The number of nitrogens with one attached hydrogen (secondary N) is 1. The summed E-state index contributed by atoms with van der Waals surface area (Å²) in [6.45, 7) is 4.29. The van der Waals surface area contributed by atoms with E-state index in [1.807, 2.05) is 56.5 Å². The van der Waals surface area contributed by atoms with Crippen molar-refractivity contribution in [2.75, 3.05) is 12.1 Å². The number of carbonyl (C=O) groups is 1. The zero-order valence-electron chi connectivity index (χ0n) is 19.1. The average molecular weight is 461 g/mol. The first-order valence-electron chi connectivity index (χ1n) is 11.6. The zero-order valence-corrected chi connectivity index (χ0v) is 19.9. The fourth-order valence-electron chi connectivity index (χ4n) is 4.45. The van der Waals surface area contributed by atoms with Gasteiger partial charge in [0.15, 0.2) is 11.5 Å². The van der Waals surface area contributed by atoms with Crippen molar-refractivity contribution in [3.8, 4) is 11.5 Å². The number of carbonyl (C=O) groups excluding carboxylic acids is 1. The number of ether oxygens (including phenoxy) is 2. The van der Waals surface area contributed by atoms with Crippen molar-refractivity contribution in [2.24, 2.45) is 4.99 Å². The van der Waals surface area contributed by atoms with Gasteiger partial charge in [-0.05, 0) is 80.0 Å². The molecule has 0 atom stereocenters. The Morgan fingerprint density at radius 1 is 1.00 bits per heavy atom. The predicted molar refractivity (Wildman–Crippen MR) is 134 cm³/mol. The summed E-state index contributed by atoms with van der Waals surface area (Å²) in [5.41, 5.74) is 5.82. The van der Waals surface area contributed by atoms with Gasteiger partial charge in [0.2, 0.25) is 6.79 Å². The van der Waals surface area contributed by atoms with E-state index in [1.54, 1.807) is 11.3 Å². The molecule has 3 aromatic rings. The van der Waals surface area contributed by atoms with Gasteiger partial charge in [-0.2, -0.15) is 0 Å². The summed E-state index contributed by atoms with van der Waals surface area (Å²) in [6.07, 6.45) is 8.53. The van der Waals surface area contributed by atoms with Crippen molar-refractivity contribution in [3.05, 3.63) is 69.1 Å². The summed E-state index contributed by atoms with van der Waals surface area (Å²) in [6, 6.07) is 11.8. The third-order valence-corrected chi connectivity index (χ3v) is 7.55. The Balaban J connectivity index is 1.52. The summed E-state index contributed by atoms with van der Waals surface area (Å²) in [5.74, 6) is 1.43. The monoisotopic (exact) mass is 460 g/mol. The maximum absolute atomic E-state index is 13.5. The van der Waals surface area contributed by atoms with Gasteiger partial charge in [-0.15, -0.1) is 11.3 Å². The van der Waals surface area contributed by atoms with Gasteiger partial charge in [0.25, 0.3) is 5.91 Å². The molecule has 0 saturated carbocycles. The molecule has 33 heavy (non-hydrogen) atoms. The van der Waals surface area contributed by atoms with Crippen molar-refractivity contribution in [2.45, 2.75) is 52.4 Å². The van der Waals surface area contributed by atoms with Crippen LogP contribution in [0.1, 0.15) is 63.2 Å².